The Morgan fingerprint density at radius 1 is 1.56 bits per heavy atom. The number of ketones is 1. The number of ether oxygens (including phenoxy) is 1. The molecule has 4 heteroatoms. The van der Waals surface area contributed by atoms with Crippen LogP contribution in [0.2, 0.25) is 0 Å². The summed E-state index contributed by atoms with van der Waals surface area (Å²) in [5.41, 5.74) is 0. The third-order valence-corrected chi connectivity index (χ3v) is 2.92. The summed E-state index contributed by atoms with van der Waals surface area (Å²) in [6, 6.07) is 4.39. The molecule has 1 atom stereocenters. The van der Waals surface area contributed by atoms with Crippen molar-refractivity contribution in [1.82, 2.24) is 0 Å². The molecule has 88 valence electrons. The zero-order valence-corrected chi connectivity index (χ0v) is 10.9. The van der Waals surface area contributed by atoms with Gasteiger partial charge in [0.05, 0.1) is 0 Å². The number of rotatable bonds is 5. The maximum absolute atomic E-state index is 13.2. The summed E-state index contributed by atoms with van der Waals surface area (Å²) in [5.74, 6) is -0.414. The lowest BCUT2D eigenvalue weighted by Crippen LogP contribution is -2.18. The van der Waals surface area contributed by atoms with Crippen molar-refractivity contribution >= 4 is 21.7 Å². The van der Waals surface area contributed by atoms with Gasteiger partial charge in [-0.1, -0.05) is 29.8 Å². The van der Waals surface area contributed by atoms with Crippen molar-refractivity contribution in [2.75, 3.05) is 6.61 Å². The second-order valence-electron chi connectivity index (χ2n) is 3.64. The van der Waals surface area contributed by atoms with E-state index in [0.29, 0.717) is 0 Å². The van der Waals surface area contributed by atoms with Crippen molar-refractivity contribution in [3.63, 3.8) is 0 Å². The Bertz CT molecular complexity index is 379. The van der Waals surface area contributed by atoms with E-state index in [1.54, 1.807) is 6.07 Å². The van der Waals surface area contributed by atoms with Crippen molar-refractivity contribution in [1.29, 1.82) is 0 Å². The summed E-state index contributed by atoms with van der Waals surface area (Å²) in [5, 5.41) is 0. The molecule has 1 rings (SSSR count). The molecule has 0 aliphatic rings. The predicted octanol–water partition coefficient (Wildman–Crippen LogP) is 3.58. The molecule has 0 saturated heterocycles. The molecule has 0 N–H and O–H groups in total. The Balaban J connectivity index is 2.61. The Kier molecular flexibility index (Phi) is 4.93. The molecule has 0 aromatic heterocycles. The van der Waals surface area contributed by atoms with E-state index in [9.17, 15) is 9.18 Å². The van der Waals surface area contributed by atoms with Crippen molar-refractivity contribution in [3.05, 3.63) is 28.5 Å². The molecule has 0 saturated carbocycles. The van der Waals surface area contributed by atoms with E-state index in [-0.39, 0.29) is 24.1 Å². The SMILES string of the molecule is CCC(C)C(=O)COc1cc(Br)ccc1F. The maximum Gasteiger partial charge on any atom is 0.172 e. The van der Waals surface area contributed by atoms with Gasteiger partial charge in [-0.2, -0.15) is 0 Å². The van der Waals surface area contributed by atoms with Crippen LogP contribution in [0, 0.1) is 11.7 Å². The first-order chi connectivity index (χ1) is 7.54. The lowest BCUT2D eigenvalue weighted by atomic mass is 10.1. The smallest absolute Gasteiger partial charge is 0.172 e. The van der Waals surface area contributed by atoms with Crippen molar-refractivity contribution in [3.8, 4) is 5.75 Å². The van der Waals surface area contributed by atoms with Gasteiger partial charge in [0.15, 0.2) is 17.3 Å². The van der Waals surface area contributed by atoms with E-state index in [1.165, 1.54) is 12.1 Å². The van der Waals surface area contributed by atoms with E-state index >= 15 is 0 Å². The second-order valence-corrected chi connectivity index (χ2v) is 4.55. The van der Waals surface area contributed by atoms with Gasteiger partial charge in [-0.15, -0.1) is 0 Å². The minimum Gasteiger partial charge on any atom is -0.483 e. The summed E-state index contributed by atoms with van der Waals surface area (Å²) in [4.78, 5) is 11.5. The van der Waals surface area contributed by atoms with Gasteiger partial charge in [0.2, 0.25) is 0 Å². The van der Waals surface area contributed by atoms with Crippen LogP contribution in [0.3, 0.4) is 0 Å². The largest absolute Gasteiger partial charge is 0.483 e. The number of Topliss-reactive ketones (excluding diaryl/α,β-unsaturated/α-hetero) is 1. The van der Waals surface area contributed by atoms with Gasteiger partial charge in [-0.05, 0) is 24.6 Å². The number of hydrogen-bond donors (Lipinski definition) is 0. The van der Waals surface area contributed by atoms with Crippen LogP contribution in [0.25, 0.3) is 0 Å². The van der Waals surface area contributed by atoms with Crippen LogP contribution >= 0.6 is 15.9 Å². The molecule has 0 fully saturated rings. The Morgan fingerprint density at radius 3 is 2.88 bits per heavy atom. The second kappa shape index (κ2) is 5.99. The fraction of sp³-hybridized carbons (Fsp3) is 0.417. The summed E-state index contributed by atoms with van der Waals surface area (Å²) < 4.78 is 19.1. The minimum atomic E-state index is -0.458. The molecule has 0 aliphatic carbocycles. The molecule has 2 nitrogen and oxygen atoms in total. The quantitative estimate of drug-likeness (QED) is 0.828. The number of halogens is 2. The monoisotopic (exact) mass is 288 g/mol. The fourth-order valence-electron chi connectivity index (χ4n) is 1.11. The summed E-state index contributed by atoms with van der Waals surface area (Å²) in [7, 11) is 0. The molecule has 0 spiro atoms. The highest BCUT2D eigenvalue weighted by Crippen LogP contribution is 2.22. The van der Waals surface area contributed by atoms with E-state index in [2.05, 4.69) is 15.9 Å². The third kappa shape index (κ3) is 3.59. The highest BCUT2D eigenvalue weighted by Gasteiger charge is 2.12. The van der Waals surface area contributed by atoms with E-state index in [4.69, 9.17) is 4.74 Å². The molecule has 0 radical (unpaired) electrons. The highest BCUT2D eigenvalue weighted by molar-refractivity contribution is 9.10. The van der Waals surface area contributed by atoms with Crippen LogP contribution in [-0.2, 0) is 4.79 Å². The molecule has 1 unspecified atom stereocenters. The number of carbonyl (C=O) groups excluding carboxylic acids is 1. The van der Waals surface area contributed by atoms with Gasteiger partial charge in [0.25, 0.3) is 0 Å². The van der Waals surface area contributed by atoms with Gasteiger partial charge in [0, 0.05) is 10.4 Å². The van der Waals surface area contributed by atoms with Crippen LogP contribution in [0.15, 0.2) is 22.7 Å². The van der Waals surface area contributed by atoms with Crippen LogP contribution in [0.1, 0.15) is 20.3 Å². The molecule has 1 aromatic rings. The lowest BCUT2D eigenvalue weighted by Gasteiger charge is -2.10. The zero-order valence-electron chi connectivity index (χ0n) is 9.30. The average molecular weight is 289 g/mol. The van der Waals surface area contributed by atoms with Crippen LogP contribution in [-0.4, -0.2) is 12.4 Å². The Hall–Kier alpha value is -0.900. The van der Waals surface area contributed by atoms with Gasteiger partial charge >= 0.3 is 0 Å². The molecule has 0 amide bonds. The fourth-order valence-corrected chi connectivity index (χ4v) is 1.45. The van der Waals surface area contributed by atoms with Crippen molar-refractivity contribution in [2.24, 2.45) is 5.92 Å². The van der Waals surface area contributed by atoms with Crippen molar-refractivity contribution < 1.29 is 13.9 Å². The lowest BCUT2D eigenvalue weighted by molar-refractivity contribution is -0.124. The number of benzene rings is 1. The molecule has 16 heavy (non-hydrogen) atoms. The first-order valence-electron chi connectivity index (χ1n) is 5.15. The maximum atomic E-state index is 13.2. The number of carbonyl (C=O) groups is 1. The van der Waals surface area contributed by atoms with Gasteiger partial charge in [0.1, 0.15) is 6.61 Å². The van der Waals surface area contributed by atoms with E-state index in [1.807, 2.05) is 13.8 Å². The van der Waals surface area contributed by atoms with Gasteiger partial charge in [-0.3, -0.25) is 4.79 Å². The van der Waals surface area contributed by atoms with Crippen LogP contribution in [0.5, 0.6) is 5.75 Å². The predicted molar refractivity (Wildman–Crippen MR) is 64.1 cm³/mol. The molecule has 1 aromatic carbocycles. The molecular weight excluding hydrogens is 275 g/mol. The molecule has 0 bridgehead atoms. The summed E-state index contributed by atoms with van der Waals surface area (Å²) in [6.07, 6.45) is 0.767. The first kappa shape index (κ1) is 13.2. The number of hydrogen-bond acceptors (Lipinski definition) is 2. The summed E-state index contributed by atoms with van der Waals surface area (Å²) >= 11 is 3.21. The topological polar surface area (TPSA) is 26.3 Å². The molecule has 0 heterocycles. The third-order valence-electron chi connectivity index (χ3n) is 2.43. The molecule has 0 aliphatic heterocycles. The first-order valence-corrected chi connectivity index (χ1v) is 5.94. The Morgan fingerprint density at radius 2 is 2.25 bits per heavy atom. The minimum absolute atomic E-state index is 0.0122. The summed E-state index contributed by atoms with van der Waals surface area (Å²) in [6.45, 7) is 3.69. The zero-order chi connectivity index (χ0) is 12.1. The van der Waals surface area contributed by atoms with Crippen LogP contribution < -0.4 is 4.74 Å². The average Bonchev–Trinajstić information content (AvgIpc) is 2.28. The van der Waals surface area contributed by atoms with Crippen LogP contribution in [0.4, 0.5) is 4.39 Å². The van der Waals surface area contributed by atoms with Gasteiger partial charge < -0.3 is 4.74 Å². The molecular formula is C12H14BrFO2. The van der Waals surface area contributed by atoms with Crippen molar-refractivity contribution in [2.45, 2.75) is 20.3 Å². The normalized spacial score (nSPS) is 12.2. The Labute approximate surface area is 103 Å². The highest BCUT2D eigenvalue weighted by atomic mass is 79.9. The van der Waals surface area contributed by atoms with Gasteiger partial charge in [-0.25, -0.2) is 4.39 Å². The standard InChI is InChI=1S/C12H14BrFO2/c1-3-8(2)11(15)7-16-12-6-9(13)4-5-10(12)14/h4-6,8H,3,7H2,1-2H3. The van der Waals surface area contributed by atoms with E-state index in [0.717, 1.165) is 10.9 Å². The van der Waals surface area contributed by atoms with E-state index < -0.39 is 5.82 Å².